The van der Waals surface area contributed by atoms with Crippen LogP contribution in [0.2, 0.25) is 0 Å². The van der Waals surface area contributed by atoms with Gasteiger partial charge in [0.15, 0.2) is 17.3 Å². The van der Waals surface area contributed by atoms with Crippen molar-refractivity contribution in [3.8, 4) is 5.69 Å². The molecule has 0 unspecified atom stereocenters. The zero-order valence-corrected chi connectivity index (χ0v) is 19.2. The van der Waals surface area contributed by atoms with Crippen molar-refractivity contribution in [2.24, 2.45) is 5.73 Å². The predicted molar refractivity (Wildman–Crippen MR) is 119 cm³/mol. The van der Waals surface area contributed by atoms with Crippen LogP contribution >= 0.6 is 0 Å². The Morgan fingerprint density at radius 3 is 2.24 bits per heavy atom. The van der Waals surface area contributed by atoms with Gasteiger partial charge in [-0.3, -0.25) is 9.36 Å². The Balaban J connectivity index is 0.000000604. The molecule has 4 N–H and O–H groups in total. The number of nitrogens with two attached hydrogens (primary N) is 1. The van der Waals surface area contributed by atoms with Crippen LogP contribution < -0.4 is 16.5 Å². The number of alkyl halides is 3. The first-order valence-electron chi connectivity index (χ1n) is 10.3. The molecule has 0 saturated carbocycles. The van der Waals surface area contributed by atoms with Gasteiger partial charge in [-0.1, -0.05) is 0 Å². The summed E-state index contributed by atoms with van der Waals surface area (Å²) in [4.78, 5) is 38.2. The molecular weight excluding hydrogens is 514 g/mol. The van der Waals surface area contributed by atoms with Crippen molar-refractivity contribution in [1.82, 2.24) is 9.55 Å². The fourth-order valence-corrected chi connectivity index (χ4v) is 2.86. The second-order valence-corrected chi connectivity index (χ2v) is 7.41. The molecule has 0 bridgehead atoms. The molecule has 0 aliphatic rings. The number of carboxylic acids is 1. The number of nitrogens with one attached hydrogen (secondary N) is 1. The molecule has 3 rings (SSSR count). The molecule has 0 aliphatic heterocycles. The number of fused-ring (bicyclic) bond motifs is 1. The molecule has 0 aliphatic carbocycles. The summed E-state index contributed by atoms with van der Waals surface area (Å²) in [6.07, 6.45) is -4.15. The van der Waals surface area contributed by atoms with Crippen LogP contribution in [0.15, 0.2) is 35.3 Å². The predicted octanol–water partition coefficient (Wildman–Crippen LogP) is 3.37. The summed E-state index contributed by atoms with van der Waals surface area (Å²) in [6.45, 7) is 3.66. The Hall–Kier alpha value is -4.14. The van der Waals surface area contributed by atoms with Gasteiger partial charge >= 0.3 is 18.1 Å². The molecule has 2 aromatic heterocycles. The summed E-state index contributed by atoms with van der Waals surface area (Å²) in [5.74, 6) is -7.00. The van der Waals surface area contributed by atoms with E-state index in [1.165, 1.54) is 12.1 Å². The van der Waals surface area contributed by atoms with Gasteiger partial charge in [0.1, 0.15) is 22.9 Å². The number of nitrogens with zero attached hydrogens (tertiary/aromatic N) is 2. The van der Waals surface area contributed by atoms with E-state index in [-0.39, 0.29) is 23.7 Å². The van der Waals surface area contributed by atoms with Gasteiger partial charge in [0.25, 0.3) is 0 Å². The minimum absolute atomic E-state index is 0.00599. The summed E-state index contributed by atoms with van der Waals surface area (Å²) in [5, 5.41) is 9.99. The molecule has 3 aromatic rings. The number of aromatic nitrogens is 2. The van der Waals surface area contributed by atoms with Crippen LogP contribution in [0.1, 0.15) is 24.2 Å². The average Bonchev–Trinajstić information content (AvgIpc) is 2.78. The first-order chi connectivity index (χ1) is 17.2. The van der Waals surface area contributed by atoms with E-state index >= 15 is 0 Å². The van der Waals surface area contributed by atoms with Crippen LogP contribution in [0.4, 0.5) is 32.2 Å². The maximum atomic E-state index is 14.5. The highest BCUT2D eigenvalue weighted by molar-refractivity contribution is 5.93. The first-order valence-corrected chi connectivity index (χ1v) is 10.3. The number of pyridine rings is 2. The van der Waals surface area contributed by atoms with Gasteiger partial charge in [-0.15, -0.1) is 0 Å². The summed E-state index contributed by atoms with van der Waals surface area (Å²) in [5.41, 5.74) is 3.73. The molecule has 15 heteroatoms. The van der Waals surface area contributed by atoms with E-state index < -0.39 is 52.2 Å². The van der Waals surface area contributed by atoms with Crippen molar-refractivity contribution in [3.63, 3.8) is 0 Å². The van der Waals surface area contributed by atoms with E-state index in [4.69, 9.17) is 20.4 Å². The Labute approximate surface area is 204 Å². The summed E-state index contributed by atoms with van der Waals surface area (Å²) in [7, 11) is 0. The number of rotatable bonds is 6. The normalized spacial score (nSPS) is 11.9. The lowest BCUT2D eigenvalue weighted by Crippen LogP contribution is -2.26. The van der Waals surface area contributed by atoms with Crippen LogP contribution in [0.25, 0.3) is 16.7 Å². The second-order valence-electron chi connectivity index (χ2n) is 7.41. The quantitative estimate of drug-likeness (QED) is 0.324. The zero-order valence-electron chi connectivity index (χ0n) is 19.2. The minimum Gasteiger partial charge on any atom is -0.475 e. The van der Waals surface area contributed by atoms with Gasteiger partial charge in [-0.25, -0.2) is 27.7 Å². The van der Waals surface area contributed by atoms with Gasteiger partial charge in [0.2, 0.25) is 5.43 Å². The second kappa shape index (κ2) is 11.7. The molecule has 200 valence electrons. The third kappa shape index (κ3) is 7.19. The monoisotopic (exact) mass is 534 g/mol. The van der Waals surface area contributed by atoms with E-state index in [1.807, 2.05) is 0 Å². The van der Waals surface area contributed by atoms with Gasteiger partial charge in [0, 0.05) is 30.9 Å². The number of esters is 1. The van der Waals surface area contributed by atoms with E-state index in [0.29, 0.717) is 24.5 Å². The number of hydrogen-bond acceptors (Lipinski definition) is 7. The molecule has 0 spiro atoms. The van der Waals surface area contributed by atoms with Gasteiger partial charge in [0.05, 0.1) is 12.0 Å². The maximum absolute atomic E-state index is 14.5. The van der Waals surface area contributed by atoms with Crippen LogP contribution in [-0.2, 0) is 9.53 Å². The standard InChI is InChI=1S/C20H19F3N4O3.C2HF3O2/c1-3-30-20(29)13-9-27(17-14(22)6-11(21)7-15(17)23)19-12(18(13)28)4-5-16(26-19)25-8-10(2)24;3-2(4,5)1(6)7/h4-7,9-10H,3,8,24H2,1-2H3,(H,25,26);(H,6,7)/t10-;/m1./s1. The number of benzene rings is 1. The summed E-state index contributed by atoms with van der Waals surface area (Å²) in [6, 6.07) is 3.62. The van der Waals surface area contributed by atoms with Crippen molar-refractivity contribution in [3.05, 3.63) is 63.7 Å². The third-order valence-corrected chi connectivity index (χ3v) is 4.42. The van der Waals surface area contributed by atoms with Crippen LogP contribution in [0.3, 0.4) is 0 Å². The van der Waals surface area contributed by atoms with Crippen molar-refractivity contribution < 1.29 is 45.8 Å². The molecule has 37 heavy (non-hydrogen) atoms. The van der Waals surface area contributed by atoms with E-state index in [1.54, 1.807) is 13.8 Å². The molecule has 0 saturated heterocycles. The van der Waals surface area contributed by atoms with E-state index in [0.717, 1.165) is 10.8 Å². The number of ether oxygens (including phenoxy) is 1. The average molecular weight is 534 g/mol. The number of halogens is 6. The lowest BCUT2D eigenvalue weighted by molar-refractivity contribution is -0.192. The number of hydrogen-bond donors (Lipinski definition) is 3. The van der Waals surface area contributed by atoms with Crippen LogP contribution in [0, 0.1) is 17.5 Å². The molecule has 0 amide bonds. The lowest BCUT2D eigenvalue weighted by atomic mass is 10.1. The third-order valence-electron chi connectivity index (χ3n) is 4.42. The Kier molecular flexibility index (Phi) is 9.22. The topological polar surface area (TPSA) is 137 Å². The molecular formula is C22H20F6N4O5. The molecule has 0 fully saturated rings. The smallest absolute Gasteiger partial charge is 0.475 e. The maximum Gasteiger partial charge on any atom is 0.490 e. The summed E-state index contributed by atoms with van der Waals surface area (Å²) >= 11 is 0. The lowest BCUT2D eigenvalue weighted by Gasteiger charge is -2.15. The number of carboxylic acid groups (broad SMARTS) is 1. The number of anilines is 1. The largest absolute Gasteiger partial charge is 0.490 e. The SMILES string of the molecule is CCOC(=O)c1cn(-c2c(F)cc(F)cc2F)c2nc(NC[C@@H](C)N)ccc2c1=O.O=C(O)C(F)(F)F. The molecule has 2 heterocycles. The van der Waals surface area contributed by atoms with E-state index in [2.05, 4.69) is 10.3 Å². The highest BCUT2D eigenvalue weighted by Crippen LogP contribution is 2.24. The fraction of sp³-hybridized carbons (Fsp3) is 0.273. The molecule has 0 radical (unpaired) electrons. The van der Waals surface area contributed by atoms with Crippen molar-refractivity contribution in [1.29, 1.82) is 0 Å². The molecule has 1 atom stereocenters. The zero-order chi connectivity index (χ0) is 28.1. The van der Waals surface area contributed by atoms with Crippen LogP contribution in [0.5, 0.6) is 0 Å². The van der Waals surface area contributed by atoms with Gasteiger partial charge in [-0.2, -0.15) is 13.2 Å². The molecule has 1 aromatic carbocycles. The Morgan fingerprint density at radius 1 is 1.19 bits per heavy atom. The highest BCUT2D eigenvalue weighted by Gasteiger charge is 2.38. The summed E-state index contributed by atoms with van der Waals surface area (Å²) < 4.78 is 79.9. The first kappa shape index (κ1) is 29.1. The van der Waals surface area contributed by atoms with Gasteiger partial charge in [-0.05, 0) is 26.0 Å². The molecule has 9 nitrogen and oxygen atoms in total. The van der Waals surface area contributed by atoms with E-state index in [9.17, 15) is 35.9 Å². The Morgan fingerprint density at radius 2 is 1.76 bits per heavy atom. The van der Waals surface area contributed by atoms with Crippen LogP contribution in [-0.4, -0.2) is 52.0 Å². The minimum atomic E-state index is -5.08. The number of carbonyl (C=O) groups excluding carboxylic acids is 1. The fourth-order valence-electron chi connectivity index (χ4n) is 2.86. The van der Waals surface area contributed by atoms with Gasteiger partial charge < -0.3 is 20.9 Å². The van der Waals surface area contributed by atoms with Crippen molar-refractivity contribution >= 4 is 28.8 Å². The number of aliphatic carboxylic acids is 1. The van der Waals surface area contributed by atoms with Crippen molar-refractivity contribution in [2.75, 3.05) is 18.5 Å². The Bertz CT molecular complexity index is 1350. The van der Waals surface area contributed by atoms with Crippen molar-refractivity contribution in [2.45, 2.75) is 26.1 Å². The highest BCUT2D eigenvalue weighted by atomic mass is 19.4. The number of carbonyl (C=O) groups is 2.